The number of ether oxygens (including phenoxy) is 1. The Kier molecular flexibility index (Phi) is 6.50. The van der Waals surface area contributed by atoms with Gasteiger partial charge in [0.1, 0.15) is 5.75 Å². The van der Waals surface area contributed by atoms with E-state index in [1.165, 1.54) is 11.1 Å². The molecule has 0 fully saturated rings. The van der Waals surface area contributed by atoms with Gasteiger partial charge in [0.25, 0.3) is 0 Å². The van der Waals surface area contributed by atoms with Gasteiger partial charge in [0.15, 0.2) is 0 Å². The minimum absolute atomic E-state index is 0.0230. The summed E-state index contributed by atoms with van der Waals surface area (Å²) < 4.78 is 6.49. The van der Waals surface area contributed by atoms with Crippen molar-refractivity contribution in [1.82, 2.24) is 10.2 Å². The summed E-state index contributed by atoms with van der Waals surface area (Å²) in [4.78, 5) is 26.1. The maximum absolute atomic E-state index is 12.4. The summed E-state index contributed by atoms with van der Waals surface area (Å²) in [5.41, 5.74) is 3.61. The first-order valence-electron chi connectivity index (χ1n) is 9.03. The molecule has 0 aromatic heterocycles. The van der Waals surface area contributed by atoms with E-state index in [0.29, 0.717) is 18.8 Å². The molecule has 0 bridgehead atoms. The molecule has 0 unspecified atom stereocenters. The Balaban J connectivity index is 1.39. The number of aryl methyl sites for hydroxylation is 1. The van der Waals surface area contributed by atoms with Crippen LogP contribution in [0.5, 0.6) is 5.75 Å². The molecular formula is C21H23BrN2O3. The average Bonchev–Trinajstić information content (AvgIpc) is 2.67. The molecule has 0 atom stereocenters. The number of carbonyl (C=O) groups excluding carboxylic acids is 2. The monoisotopic (exact) mass is 430 g/mol. The molecule has 6 heteroatoms. The maximum atomic E-state index is 12.4. The van der Waals surface area contributed by atoms with Crippen LogP contribution in [0.25, 0.3) is 0 Å². The Morgan fingerprint density at radius 2 is 1.96 bits per heavy atom. The van der Waals surface area contributed by atoms with Gasteiger partial charge in [-0.2, -0.15) is 0 Å². The summed E-state index contributed by atoms with van der Waals surface area (Å²) in [7, 11) is 0. The third-order valence-electron chi connectivity index (χ3n) is 4.59. The molecule has 5 nitrogen and oxygen atoms in total. The van der Waals surface area contributed by atoms with Gasteiger partial charge in [0.2, 0.25) is 11.8 Å². The molecule has 2 aromatic rings. The second kappa shape index (κ2) is 9.04. The second-order valence-corrected chi connectivity index (χ2v) is 7.50. The average molecular weight is 431 g/mol. The molecule has 2 aromatic carbocycles. The molecule has 0 spiro atoms. The van der Waals surface area contributed by atoms with Gasteiger partial charge >= 0.3 is 0 Å². The lowest BCUT2D eigenvalue weighted by molar-refractivity contribution is -0.133. The fourth-order valence-corrected chi connectivity index (χ4v) is 3.67. The summed E-state index contributed by atoms with van der Waals surface area (Å²) in [6.45, 7) is 3.58. The van der Waals surface area contributed by atoms with E-state index >= 15 is 0 Å². The summed E-state index contributed by atoms with van der Waals surface area (Å²) in [5.74, 6) is 0.459. The van der Waals surface area contributed by atoms with Gasteiger partial charge < -0.3 is 15.0 Å². The van der Waals surface area contributed by atoms with Crippen molar-refractivity contribution in [1.29, 1.82) is 0 Å². The van der Waals surface area contributed by atoms with Crippen LogP contribution in [-0.2, 0) is 22.6 Å². The van der Waals surface area contributed by atoms with Gasteiger partial charge in [0, 0.05) is 13.1 Å². The molecular weight excluding hydrogens is 408 g/mol. The summed E-state index contributed by atoms with van der Waals surface area (Å²) in [5, 5.41) is 2.69. The molecule has 142 valence electrons. The zero-order chi connectivity index (χ0) is 19.2. The van der Waals surface area contributed by atoms with E-state index in [-0.39, 0.29) is 31.4 Å². The van der Waals surface area contributed by atoms with E-state index in [4.69, 9.17) is 4.74 Å². The number of hydrogen-bond acceptors (Lipinski definition) is 3. The number of benzene rings is 2. The lowest BCUT2D eigenvalue weighted by atomic mass is 10.00. The number of amides is 2. The smallest absolute Gasteiger partial charge is 0.242 e. The fraction of sp³-hybridized carbons (Fsp3) is 0.333. The number of halogens is 1. The van der Waals surface area contributed by atoms with E-state index in [1.807, 2.05) is 43.3 Å². The molecule has 0 radical (unpaired) electrons. The second-order valence-electron chi connectivity index (χ2n) is 6.64. The third-order valence-corrected chi connectivity index (χ3v) is 5.21. The van der Waals surface area contributed by atoms with Crippen molar-refractivity contribution in [3.63, 3.8) is 0 Å². The summed E-state index contributed by atoms with van der Waals surface area (Å²) in [6, 6.07) is 13.9. The highest BCUT2D eigenvalue weighted by Gasteiger charge is 2.20. The SMILES string of the molecule is Cc1ccc(OCCC(=O)NCC(=O)N2CCc3ccccc3C2)c(Br)c1. The highest BCUT2D eigenvalue weighted by Crippen LogP contribution is 2.25. The van der Waals surface area contributed by atoms with E-state index in [1.54, 1.807) is 4.90 Å². The quantitative estimate of drug-likeness (QED) is 0.764. The first kappa shape index (κ1) is 19.4. The van der Waals surface area contributed by atoms with Gasteiger partial charge in [-0.1, -0.05) is 30.3 Å². The van der Waals surface area contributed by atoms with Crippen molar-refractivity contribution in [2.24, 2.45) is 0 Å². The largest absolute Gasteiger partial charge is 0.492 e. The number of nitrogens with one attached hydrogen (secondary N) is 1. The lowest BCUT2D eigenvalue weighted by Gasteiger charge is -2.29. The Morgan fingerprint density at radius 3 is 2.74 bits per heavy atom. The molecule has 3 rings (SSSR count). The van der Waals surface area contributed by atoms with Crippen LogP contribution in [0.2, 0.25) is 0 Å². The van der Waals surface area contributed by atoms with Gasteiger partial charge in [-0.3, -0.25) is 9.59 Å². The summed E-state index contributed by atoms with van der Waals surface area (Å²) >= 11 is 3.44. The van der Waals surface area contributed by atoms with Crippen LogP contribution in [0.15, 0.2) is 46.9 Å². The molecule has 1 heterocycles. The van der Waals surface area contributed by atoms with Crippen LogP contribution >= 0.6 is 15.9 Å². The van der Waals surface area contributed by atoms with E-state index < -0.39 is 0 Å². The molecule has 1 N–H and O–H groups in total. The number of fused-ring (bicyclic) bond motifs is 1. The Labute approximate surface area is 167 Å². The van der Waals surface area contributed by atoms with Crippen molar-refractivity contribution >= 4 is 27.7 Å². The predicted molar refractivity (Wildman–Crippen MR) is 108 cm³/mol. The highest BCUT2D eigenvalue weighted by atomic mass is 79.9. The van der Waals surface area contributed by atoms with Crippen LogP contribution < -0.4 is 10.1 Å². The van der Waals surface area contributed by atoms with Gasteiger partial charge in [-0.15, -0.1) is 0 Å². The molecule has 1 aliphatic rings. The molecule has 1 aliphatic heterocycles. The molecule has 0 saturated heterocycles. The maximum Gasteiger partial charge on any atom is 0.242 e. The van der Waals surface area contributed by atoms with Crippen molar-refractivity contribution in [3.05, 3.63) is 63.6 Å². The standard InChI is InChI=1S/C21H23BrN2O3/c1-15-6-7-19(18(22)12-15)27-11-9-20(25)23-13-21(26)24-10-8-16-4-2-3-5-17(16)14-24/h2-7,12H,8-11,13-14H2,1H3,(H,23,25). The number of hydrogen-bond donors (Lipinski definition) is 1. The van der Waals surface area contributed by atoms with E-state index in [2.05, 4.69) is 27.3 Å². The molecule has 27 heavy (non-hydrogen) atoms. The number of rotatable bonds is 6. The third kappa shape index (κ3) is 5.32. The van der Waals surface area contributed by atoms with Crippen molar-refractivity contribution in [2.75, 3.05) is 19.7 Å². The number of nitrogens with zero attached hydrogens (tertiary/aromatic N) is 1. The zero-order valence-corrected chi connectivity index (χ0v) is 16.9. The Hall–Kier alpha value is -2.34. The van der Waals surface area contributed by atoms with E-state index in [0.717, 1.165) is 16.5 Å². The van der Waals surface area contributed by atoms with Crippen molar-refractivity contribution < 1.29 is 14.3 Å². The minimum atomic E-state index is -0.191. The van der Waals surface area contributed by atoms with Gasteiger partial charge in [0.05, 0.1) is 24.0 Å². The first-order chi connectivity index (χ1) is 13.0. The normalized spacial score (nSPS) is 13.0. The first-order valence-corrected chi connectivity index (χ1v) is 9.82. The Morgan fingerprint density at radius 1 is 1.19 bits per heavy atom. The molecule has 2 amide bonds. The van der Waals surface area contributed by atoms with Crippen molar-refractivity contribution in [3.8, 4) is 5.75 Å². The molecule has 0 saturated carbocycles. The topological polar surface area (TPSA) is 58.6 Å². The van der Waals surface area contributed by atoms with Crippen LogP contribution in [-0.4, -0.2) is 36.4 Å². The fourth-order valence-electron chi connectivity index (χ4n) is 3.06. The van der Waals surface area contributed by atoms with Crippen LogP contribution in [0.1, 0.15) is 23.1 Å². The van der Waals surface area contributed by atoms with Crippen LogP contribution in [0, 0.1) is 6.92 Å². The zero-order valence-electron chi connectivity index (χ0n) is 15.3. The van der Waals surface area contributed by atoms with Crippen molar-refractivity contribution in [2.45, 2.75) is 26.3 Å². The minimum Gasteiger partial charge on any atom is -0.492 e. The Bertz CT molecular complexity index is 838. The predicted octanol–water partition coefficient (Wildman–Crippen LogP) is 3.23. The van der Waals surface area contributed by atoms with Crippen LogP contribution in [0.3, 0.4) is 0 Å². The van der Waals surface area contributed by atoms with E-state index in [9.17, 15) is 9.59 Å². The van der Waals surface area contributed by atoms with Gasteiger partial charge in [-0.25, -0.2) is 0 Å². The molecule has 0 aliphatic carbocycles. The van der Waals surface area contributed by atoms with Crippen LogP contribution in [0.4, 0.5) is 0 Å². The number of carbonyl (C=O) groups is 2. The summed E-state index contributed by atoms with van der Waals surface area (Å²) in [6.07, 6.45) is 1.06. The van der Waals surface area contributed by atoms with Gasteiger partial charge in [-0.05, 0) is 58.1 Å². The lowest BCUT2D eigenvalue weighted by Crippen LogP contribution is -2.42. The highest BCUT2D eigenvalue weighted by molar-refractivity contribution is 9.10.